The molecule has 1 aliphatic rings. The molecule has 0 saturated carbocycles. The van der Waals surface area contributed by atoms with Gasteiger partial charge in [0.05, 0.1) is 5.92 Å². The normalized spacial score (nSPS) is 13.9. The summed E-state index contributed by atoms with van der Waals surface area (Å²) in [7, 11) is 0. The zero-order valence-electron chi connectivity index (χ0n) is 27.7. The van der Waals surface area contributed by atoms with E-state index < -0.39 is 0 Å². The van der Waals surface area contributed by atoms with E-state index in [9.17, 15) is 0 Å². The molecule has 7 aromatic carbocycles. The molecular formula is C47H31N3O. The number of fused-ring (bicyclic) bond motifs is 5. The van der Waals surface area contributed by atoms with Gasteiger partial charge in [0.25, 0.3) is 0 Å². The van der Waals surface area contributed by atoms with Crippen LogP contribution < -0.4 is 0 Å². The molecule has 0 spiro atoms. The standard InChI is InChI=1S/C47H31N3O/c1-3-14-31(15-4-1)35-27-28-38(37-20-10-9-19-36(35)37)39-21-11-23-41-43(39)44-40(22-12-24-42(44)51-41)47-49-45(32-16-5-2-6-17-32)48-46(50-47)34-26-25-30-13-7-8-18-33(30)29-34/h1-21,23-29,40H,22H2. The second-order valence-corrected chi connectivity index (χ2v) is 13.1. The lowest BCUT2D eigenvalue weighted by molar-refractivity contribution is 0.586. The Morgan fingerprint density at radius 3 is 1.96 bits per heavy atom. The van der Waals surface area contributed by atoms with E-state index in [-0.39, 0.29) is 5.92 Å². The Kier molecular flexibility index (Phi) is 6.91. The molecule has 4 heteroatoms. The van der Waals surface area contributed by atoms with Crippen LogP contribution in [0.4, 0.5) is 0 Å². The number of hydrogen-bond acceptors (Lipinski definition) is 4. The topological polar surface area (TPSA) is 51.8 Å². The number of hydrogen-bond donors (Lipinski definition) is 0. The summed E-state index contributed by atoms with van der Waals surface area (Å²) >= 11 is 0. The van der Waals surface area contributed by atoms with Crippen LogP contribution in [0.15, 0.2) is 168 Å². The monoisotopic (exact) mass is 653 g/mol. The maximum Gasteiger partial charge on any atom is 0.163 e. The molecule has 9 aromatic rings. The maximum atomic E-state index is 6.63. The van der Waals surface area contributed by atoms with Crippen molar-refractivity contribution in [1.82, 2.24) is 15.0 Å². The van der Waals surface area contributed by atoms with Crippen molar-refractivity contribution in [2.45, 2.75) is 12.3 Å². The molecule has 51 heavy (non-hydrogen) atoms. The third-order valence-electron chi connectivity index (χ3n) is 10.1. The summed E-state index contributed by atoms with van der Waals surface area (Å²) in [6.45, 7) is 0. The molecule has 0 fully saturated rings. The minimum atomic E-state index is -0.132. The van der Waals surface area contributed by atoms with E-state index in [2.05, 4.69) is 152 Å². The molecule has 2 aromatic heterocycles. The summed E-state index contributed by atoms with van der Waals surface area (Å²) in [5.74, 6) is 2.78. The molecule has 0 amide bonds. The number of benzene rings is 7. The van der Waals surface area contributed by atoms with Crippen molar-refractivity contribution in [1.29, 1.82) is 0 Å². The number of rotatable bonds is 5. The van der Waals surface area contributed by atoms with E-state index in [1.807, 2.05) is 18.2 Å². The fourth-order valence-corrected chi connectivity index (χ4v) is 7.67. The maximum absolute atomic E-state index is 6.63. The molecule has 2 heterocycles. The molecule has 0 N–H and O–H groups in total. The Morgan fingerprint density at radius 2 is 1.16 bits per heavy atom. The first-order valence-electron chi connectivity index (χ1n) is 17.4. The van der Waals surface area contributed by atoms with E-state index in [1.54, 1.807) is 0 Å². The molecule has 1 aliphatic carbocycles. The van der Waals surface area contributed by atoms with Crippen LogP contribution in [0.25, 0.3) is 83.6 Å². The average Bonchev–Trinajstić information content (AvgIpc) is 3.60. The van der Waals surface area contributed by atoms with E-state index in [0.29, 0.717) is 11.6 Å². The van der Waals surface area contributed by atoms with Crippen LogP contribution in [0.2, 0.25) is 0 Å². The van der Waals surface area contributed by atoms with Gasteiger partial charge >= 0.3 is 0 Å². The lowest BCUT2D eigenvalue weighted by Crippen LogP contribution is -2.12. The Bertz CT molecular complexity index is 2780. The number of allylic oxidation sites excluding steroid dienone is 1. The first-order chi connectivity index (χ1) is 25.3. The van der Waals surface area contributed by atoms with Crippen molar-refractivity contribution in [3.8, 4) is 45.0 Å². The molecule has 10 rings (SSSR count). The Labute approximate surface area is 295 Å². The van der Waals surface area contributed by atoms with Gasteiger partial charge in [-0.3, -0.25) is 0 Å². The van der Waals surface area contributed by atoms with Crippen molar-refractivity contribution in [3.05, 3.63) is 181 Å². The Morgan fingerprint density at radius 1 is 0.490 bits per heavy atom. The first-order valence-corrected chi connectivity index (χ1v) is 17.4. The van der Waals surface area contributed by atoms with Gasteiger partial charge in [-0.05, 0) is 68.4 Å². The highest BCUT2D eigenvalue weighted by Crippen LogP contribution is 2.46. The average molecular weight is 654 g/mol. The third kappa shape index (κ3) is 5.03. The summed E-state index contributed by atoms with van der Waals surface area (Å²) in [6.07, 6.45) is 5.04. The van der Waals surface area contributed by atoms with Crippen molar-refractivity contribution < 1.29 is 4.42 Å². The minimum absolute atomic E-state index is 0.132. The molecule has 0 aliphatic heterocycles. The summed E-state index contributed by atoms with van der Waals surface area (Å²) in [6, 6.07) is 55.2. The third-order valence-corrected chi connectivity index (χ3v) is 10.1. The van der Waals surface area contributed by atoms with E-state index in [1.165, 1.54) is 32.8 Å². The summed E-state index contributed by atoms with van der Waals surface area (Å²) < 4.78 is 6.63. The second kappa shape index (κ2) is 12.0. The highest BCUT2D eigenvalue weighted by molar-refractivity contribution is 6.10. The van der Waals surface area contributed by atoms with Gasteiger partial charge in [-0.1, -0.05) is 152 Å². The van der Waals surface area contributed by atoms with E-state index >= 15 is 0 Å². The van der Waals surface area contributed by atoms with Crippen LogP contribution in [0.5, 0.6) is 0 Å². The predicted molar refractivity (Wildman–Crippen MR) is 208 cm³/mol. The summed E-state index contributed by atoms with van der Waals surface area (Å²) in [5.41, 5.74) is 8.63. The summed E-state index contributed by atoms with van der Waals surface area (Å²) in [5, 5.41) is 5.86. The van der Waals surface area contributed by atoms with Gasteiger partial charge in [0, 0.05) is 22.1 Å². The minimum Gasteiger partial charge on any atom is -0.456 e. The van der Waals surface area contributed by atoms with Crippen LogP contribution in [-0.4, -0.2) is 15.0 Å². The van der Waals surface area contributed by atoms with Crippen LogP contribution in [0.3, 0.4) is 0 Å². The molecule has 0 bridgehead atoms. The van der Waals surface area contributed by atoms with Gasteiger partial charge in [-0.15, -0.1) is 0 Å². The molecule has 1 unspecified atom stereocenters. The van der Waals surface area contributed by atoms with E-state index in [0.717, 1.165) is 56.6 Å². The molecule has 0 saturated heterocycles. The SMILES string of the molecule is C1=Cc2oc3cccc(-c4ccc(-c5ccccc5)c5ccccc45)c3c2C(c2nc(-c3ccccc3)nc(-c3ccc4ccccc4c3)n2)C1. The highest BCUT2D eigenvalue weighted by atomic mass is 16.3. The zero-order chi connectivity index (χ0) is 33.7. The lowest BCUT2D eigenvalue weighted by atomic mass is 9.84. The van der Waals surface area contributed by atoms with Crippen molar-refractivity contribution >= 4 is 38.6 Å². The van der Waals surface area contributed by atoms with Gasteiger partial charge in [0.15, 0.2) is 11.6 Å². The quantitative estimate of drug-likeness (QED) is 0.185. The van der Waals surface area contributed by atoms with Gasteiger partial charge in [0.2, 0.25) is 0 Å². The van der Waals surface area contributed by atoms with Crippen LogP contribution in [0.1, 0.15) is 29.5 Å². The van der Waals surface area contributed by atoms with E-state index in [4.69, 9.17) is 19.4 Å². The van der Waals surface area contributed by atoms with Crippen molar-refractivity contribution in [3.63, 3.8) is 0 Å². The van der Waals surface area contributed by atoms with Gasteiger partial charge in [-0.25, -0.2) is 15.0 Å². The Hall–Kier alpha value is -6.65. The van der Waals surface area contributed by atoms with Crippen LogP contribution >= 0.6 is 0 Å². The van der Waals surface area contributed by atoms with Gasteiger partial charge < -0.3 is 4.42 Å². The van der Waals surface area contributed by atoms with Crippen LogP contribution in [0, 0.1) is 0 Å². The molecule has 4 nitrogen and oxygen atoms in total. The fourth-order valence-electron chi connectivity index (χ4n) is 7.67. The Balaban J connectivity index is 1.18. The zero-order valence-corrected chi connectivity index (χ0v) is 27.7. The number of furan rings is 1. The predicted octanol–water partition coefficient (Wildman–Crippen LogP) is 12.1. The van der Waals surface area contributed by atoms with Crippen LogP contribution in [-0.2, 0) is 0 Å². The highest BCUT2D eigenvalue weighted by Gasteiger charge is 2.30. The molecule has 0 radical (unpaired) electrons. The smallest absolute Gasteiger partial charge is 0.163 e. The van der Waals surface area contributed by atoms with Gasteiger partial charge in [-0.2, -0.15) is 0 Å². The molecular weight excluding hydrogens is 623 g/mol. The largest absolute Gasteiger partial charge is 0.456 e. The number of aromatic nitrogens is 3. The summed E-state index contributed by atoms with van der Waals surface area (Å²) in [4.78, 5) is 15.5. The second-order valence-electron chi connectivity index (χ2n) is 13.1. The van der Waals surface area contributed by atoms with Crippen molar-refractivity contribution in [2.24, 2.45) is 0 Å². The molecule has 1 atom stereocenters. The van der Waals surface area contributed by atoms with Crippen molar-refractivity contribution in [2.75, 3.05) is 0 Å². The number of nitrogens with zero attached hydrogens (tertiary/aromatic N) is 3. The fraction of sp³-hybridized carbons (Fsp3) is 0.0426. The first kappa shape index (κ1) is 29.3. The lowest BCUT2D eigenvalue weighted by Gasteiger charge is -2.20. The molecule has 240 valence electrons. The van der Waals surface area contributed by atoms with Gasteiger partial charge in [0.1, 0.15) is 17.2 Å².